The van der Waals surface area contributed by atoms with Gasteiger partial charge in [0.1, 0.15) is 5.82 Å². The Hall–Kier alpha value is -1.47. The molecule has 0 saturated heterocycles. The molecule has 0 aliphatic rings. The number of para-hydroxylation sites is 1. The first kappa shape index (κ1) is 14.6. The average molecular weight is 274 g/mol. The topological polar surface area (TPSA) is 57.7 Å². The van der Waals surface area contributed by atoms with Gasteiger partial charge in [-0.2, -0.15) is 4.31 Å². The van der Waals surface area contributed by atoms with Crippen LogP contribution >= 0.6 is 0 Å². The summed E-state index contributed by atoms with van der Waals surface area (Å²) in [5.41, 5.74) is 0.115. The van der Waals surface area contributed by atoms with Gasteiger partial charge in [0, 0.05) is 14.1 Å². The number of nitrogens with zero attached hydrogens (tertiary/aromatic N) is 2. The molecule has 0 aliphatic heterocycles. The number of halogens is 1. The molecule has 1 aromatic rings. The van der Waals surface area contributed by atoms with E-state index in [-0.39, 0.29) is 12.2 Å². The molecule has 0 heterocycles. The predicted molar refractivity (Wildman–Crippen MR) is 67.3 cm³/mol. The SMILES string of the molecule is CN(C(=O)CN(C)S(C)(=O)=O)c1ccccc1F. The Morgan fingerprint density at radius 3 is 2.33 bits per heavy atom. The van der Waals surface area contributed by atoms with Crippen molar-refractivity contribution in [1.82, 2.24) is 4.31 Å². The maximum atomic E-state index is 13.4. The molecule has 0 unspecified atom stereocenters. The number of benzene rings is 1. The Bertz CT molecular complexity index is 545. The normalized spacial score (nSPS) is 11.6. The fourth-order valence-corrected chi connectivity index (χ4v) is 1.62. The molecule has 1 aromatic carbocycles. The number of hydrogen-bond donors (Lipinski definition) is 0. The molecule has 0 saturated carbocycles. The zero-order chi connectivity index (χ0) is 13.9. The quantitative estimate of drug-likeness (QED) is 0.811. The van der Waals surface area contributed by atoms with Crippen LogP contribution in [0.4, 0.5) is 10.1 Å². The van der Waals surface area contributed by atoms with E-state index in [0.29, 0.717) is 0 Å². The Morgan fingerprint density at radius 2 is 1.83 bits per heavy atom. The highest BCUT2D eigenvalue weighted by atomic mass is 32.2. The molecule has 7 heteroatoms. The Kier molecular flexibility index (Phi) is 4.42. The second kappa shape index (κ2) is 5.45. The molecule has 0 N–H and O–H groups in total. The lowest BCUT2D eigenvalue weighted by Crippen LogP contribution is -2.39. The van der Waals surface area contributed by atoms with Crippen LogP contribution in [0.3, 0.4) is 0 Å². The molecule has 0 aromatic heterocycles. The van der Waals surface area contributed by atoms with Gasteiger partial charge >= 0.3 is 0 Å². The van der Waals surface area contributed by atoms with Crippen LogP contribution in [0.5, 0.6) is 0 Å². The number of likely N-dealkylation sites (N-methyl/N-ethyl adjacent to an activating group) is 2. The van der Waals surface area contributed by atoms with Gasteiger partial charge in [0.2, 0.25) is 15.9 Å². The third-order valence-corrected chi connectivity index (χ3v) is 3.77. The van der Waals surface area contributed by atoms with Crippen molar-refractivity contribution in [3.05, 3.63) is 30.1 Å². The molecule has 0 bridgehead atoms. The summed E-state index contributed by atoms with van der Waals surface area (Å²) in [6.07, 6.45) is 1.00. The second-order valence-corrected chi connectivity index (χ2v) is 6.01. The monoisotopic (exact) mass is 274 g/mol. The van der Waals surface area contributed by atoms with Crippen molar-refractivity contribution in [3.8, 4) is 0 Å². The summed E-state index contributed by atoms with van der Waals surface area (Å²) in [7, 11) is -0.738. The first-order valence-corrected chi connectivity index (χ1v) is 7.00. The van der Waals surface area contributed by atoms with Gasteiger partial charge in [-0.1, -0.05) is 12.1 Å². The van der Waals surface area contributed by atoms with Gasteiger partial charge in [-0.15, -0.1) is 0 Å². The van der Waals surface area contributed by atoms with E-state index in [1.54, 1.807) is 6.07 Å². The summed E-state index contributed by atoms with van der Waals surface area (Å²) in [6.45, 7) is -0.330. The van der Waals surface area contributed by atoms with E-state index in [4.69, 9.17) is 0 Å². The molecule has 0 aliphatic carbocycles. The lowest BCUT2D eigenvalue weighted by Gasteiger charge is -2.21. The number of sulfonamides is 1. The number of hydrogen-bond acceptors (Lipinski definition) is 3. The molecule has 1 amide bonds. The van der Waals surface area contributed by atoms with Crippen LogP contribution in [-0.4, -0.2) is 45.5 Å². The molecule has 100 valence electrons. The first-order chi connectivity index (χ1) is 8.23. The molecule has 18 heavy (non-hydrogen) atoms. The van der Waals surface area contributed by atoms with Gasteiger partial charge in [0.05, 0.1) is 18.5 Å². The maximum absolute atomic E-state index is 13.4. The fourth-order valence-electron chi connectivity index (χ4n) is 1.27. The molecule has 0 atom stereocenters. The zero-order valence-electron chi connectivity index (χ0n) is 10.4. The number of anilines is 1. The first-order valence-electron chi connectivity index (χ1n) is 5.16. The van der Waals surface area contributed by atoms with Gasteiger partial charge in [-0.05, 0) is 12.1 Å². The molecule has 5 nitrogen and oxygen atoms in total. The Balaban J connectivity index is 2.83. The second-order valence-electron chi connectivity index (χ2n) is 3.92. The van der Waals surface area contributed by atoms with Crippen LogP contribution in [0.25, 0.3) is 0 Å². The standard InChI is InChI=1S/C11H15FN2O3S/c1-13(18(3,16)17)8-11(15)14(2)10-7-5-4-6-9(10)12/h4-7H,8H2,1-3H3. The number of rotatable bonds is 4. The van der Waals surface area contributed by atoms with E-state index in [2.05, 4.69) is 0 Å². The van der Waals surface area contributed by atoms with Gasteiger partial charge in [0.25, 0.3) is 0 Å². The number of carbonyl (C=O) groups is 1. The Morgan fingerprint density at radius 1 is 1.28 bits per heavy atom. The molecule has 0 spiro atoms. The smallest absolute Gasteiger partial charge is 0.242 e. The van der Waals surface area contributed by atoms with E-state index in [1.165, 1.54) is 32.3 Å². The van der Waals surface area contributed by atoms with Gasteiger partial charge < -0.3 is 4.90 Å². The van der Waals surface area contributed by atoms with E-state index in [1.807, 2.05) is 0 Å². The van der Waals surface area contributed by atoms with E-state index in [0.717, 1.165) is 15.5 Å². The molecular formula is C11H15FN2O3S. The lowest BCUT2D eigenvalue weighted by atomic mass is 10.3. The van der Waals surface area contributed by atoms with Crippen molar-refractivity contribution in [2.24, 2.45) is 0 Å². The summed E-state index contributed by atoms with van der Waals surface area (Å²) in [4.78, 5) is 12.9. The third kappa shape index (κ3) is 3.51. The predicted octanol–water partition coefficient (Wildman–Crippen LogP) is 0.680. The summed E-state index contributed by atoms with van der Waals surface area (Å²) < 4.78 is 36.7. The summed E-state index contributed by atoms with van der Waals surface area (Å²) in [5, 5.41) is 0. The third-order valence-electron chi connectivity index (χ3n) is 2.51. The average Bonchev–Trinajstić information content (AvgIpc) is 2.27. The van der Waals surface area contributed by atoms with E-state index >= 15 is 0 Å². The van der Waals surface area contributed by atoms with Crippen LogP contribution in [0, 0.1) is 5.82 Å². The summed E-state index contributed by atoms with van der Waals surface area (Å²) in [5.74, 6) is -1.04. The van der Waals surface area contributed by atoms with Crippen LogP contribution in [0.15, 0.2) is 24.3 Å². The zero-order valence-corrected chi connectivity index (χ0v) is 11.2. The number of carbonyl (C=O) groups excluding carboxylic acids is 1. The van der Waals surface area contributed by atoms with E-state index < -0.39 is 21.7 Å². The highest BCUT2D eigenvalue weighted by molar-refractivity contribution is 7.88. The summed E-state index contributed by atoms with van der Waals surface area (Å²) in [6, 6.07) is 5.80. The van der Waals surface area contributed by atoms with Crippen molar-refractivity contribution in [2.45, 2.75) is 0 Å². The molecular weight excluding hydrogens is 259 g/mol. The van der Waals surface area contributed by atoms with Crippen LogP contribution in [0.1, 0.15) is 0 Å². The highest BCUT2D eigenvalue weighted by Crippen LogP contribution is 2.17. The van der Waals surface area contributed by atoms with Crippen LogP contribution in [-0.2, 0) is 14.8 Å². The fraction of sp³-hybridized carbons (Fsp3) is 0.364. The minimum Gasteiger partial charge on any atom is -0.312 e. The van der Waals surface area contributed by atoms with Crippen molar-refractivity contribution in [2.75, 3.05) is 31.8 Å². The number of amides is 1. The van der Waals surface area contributed by atoms with Crippen molar-refractivity contribution in [3.63, 3.8) is 0 Å². The Labute approximate surface area is 106 Å². The maximum Gasteiger partial charge on any atom is 0.242 e. The lowest BCUT2D eigenvalue weighted by molar-refractivity contribution is -0.118. The van der Waals surface area contributed by atoms with Gasteiger partial charge in [-0.25, -0.2) is 12.8 Å². The molecule has 0 radical (unpaired) electrons. The van der Waals surface area contributed by atoms with Crippen molar-refractivity contribution < 1.29 is 17.6 Å². The molecule has 1 rings (SSSR count). The van der Waals surface area contributed by atoms with Crippen LogP contribution < -0.4 is 4.90 Å². The highest BCUT2D eigenvalue weighted by Gasteiger charge is 2.20. The van der Waals surface area contributed by atoms with Gasteiger partial charge in [0.15, 0.2) is 0 Å². The van der Waals surface area contributed by atoms with Crippen LogP contribution in [0.2, 0.25) is 0 Å². The van der Waals surface area contributed by atoms with Crippen molar-refractivity contribution in [1.29, 1.82) is 0 Å². The van der Waals surface area contributed by atoms with E-state index in [9.17, 15) is 17.6 Å². The largest absolute Gasteiger partial charge is 0.312 e. The van der Waals surface area contributed by atoms with Gasteiger partial charge in [-0.3, -0.25) is 4.79 Å². The molecule has 0 fully saturated rings. The summed E-state index contributed by atoms with van der Waals surface area (Å²) >= 11 is 0. The minimum absolute atomic E-state index is 0.115. The van der Waals surface area contributed by atoms with Crippen molar-refractivity contribution >= 4 is 21.6 Å². The minimum atomic E-state index is -3.43.